The molecule has 0 radical (unpaired) electrons. The summed E-state index contributed by atoms with van der Waals surface area (Å²) in [5.41, 5.74) is 7.11. The fourth-order valence-electron chi connectivity index (χ4n) is 1.62. The molecule has 1 aromatic heterocycles. The van der Waals surface area contributed by atoms with E-state index in [4.69, 9.17) is 15.9 Å². The van der Waals surface area contributed by atoms with Crippen molar-refractivity contribution in [1.82, 2.24) is 15.5 Å². The Hall–Kier alpha value is -1.60. The zero-order valence-electron chi connectivity index (χ0n) is 9.31. The highest BCUT2D eigenvalue weighted by atomic mass is 16.3. The van der Waals surface area contributed by atoms with Gasteiger partial charge in [-0.1, -0.05) is 0 Å². The largest absolute Gasteiger partial charge is 0.395 e. The Morgan fingerprint density at radius 3 is 2.71 bits per heavy atom. The van der Waals surface area contributed by atoms with Crippen LogP contribution in [0.5, 0.6) is 0 Å². The molecule has 7 heteroatoms. The molecule has 6 N–H and O–H groups in total. The maximum Gasteiger partial charge on any atom is 0.274 e. The lowest BCUT2D eigenvalue weighted by atomic mass is 10.2. The standard InChI is InChI=1S/C10H16N4O3/c11-7-8(5-1-2-5)13-14-9(7)10(17)12-6(3-15)4-16/h5-6,15-16H,1-4,11H2,(H,12,17)(H,13,14). The van der Waals surface area contributed by atoms with Gasteiger partial charge in [0, 0.05) is 5.92 Å². The molecule has 0 saturated heterocycles. The third kappa shape index (κ3) is 2.40. The van der Waals surface area contributed by atoms with Crippen LogP contribution in [0.15, 0.2) is 0 Å². The molecule has 0 atom stereocenters. The average Bonchev–Trinajstić information content (AvgIpc) is 3.09. The number of anilines is 1. The third-order valence-corrected chi connectivity index (χ3v) is 2.81. The summed E-state index contributed by atoms with van der Waals surface area (Å²) in [5, 5.41) is 26.8. The van der Waals surface area contributed by atoms with Crippen LogP contribution >= 0.6 is 0 Å². The number of aromatic amines is 1. The molecule has 2 rings (SSSR count). The lowest BCUT2D eigenvalue weighted by Gasteiger charge is -2.12. The van der Waals surface area contributed by atoms with Gasteiger partial charge in [0.1, 0.15) is 0 Å². The number of aliphatic hydroxyl groups is 2. The van der Waals surface area contributed by atoms with E-state index in [-0.39, 0.29) is 18.9 Å². The Labute approximate surface area is 98.0 Å². The number of aliphatic hydroxyl groups excluding tert-OH is 2. The second-order valence-electron chi connectivity index (χ2n) is 4.21. The van der Waals surface area contributed by atoms with E-state index in [0.717, 1.165) is 18.5 Å². The number of amides is 1. The smallest absolute Gasteiger partial charge is 0.274 e. The van der Waals surface area contributed by atoms with Crippen molar-refractivity contribution in [2.45, 2.75) is 24.8 Å². The minimum absolute atomic E-state index is 0.124. The molecule has 0 spiro atoms. The molecule has 1 aliphatic carbocycles. The molecule has 0 unspecified atom stereocenters. The monoisotopic (exact) mass is 240 g/mol. The molecule has 94 valence electrons. The minimum Gasteiger partial charge on any atom is -0.395 e. The van der Waals surface area contributed by atoms with Crippen LogP contribution in [0.4, 0.5) is 5.69 Å². The third-order valence-electron chi connectivity index (χ3n) is 2.81. The highest BCUT2D eigenvalue weighted by Gasteiger charge is 2.30. The van der Waals surface area contributed by atoms with Crippen LogP contribution in [0.3, 0.4) is 0 Å². The SMILES string of the molecule is Nc1c(C(=O)NC(CO)CO)n[nH]c1C1CC1. The van der Waals surface area contributed by atoms with Crippen LogP contribution in [0, 0.1) is 0 Å². The van der Waals surface area contributed by atoms with Gasteiger partial charge in [-0.15, -0.1) is 0 Å². The summed E-state index contributed by atoms with van der Waals surface area (Å²) in [6, 6.07) is -0.692. The van der Waals surface area contributed by atoms with Gasteiger partial charge in [0.2, 0.25) is 0 Å². The fourth-order valence-corrected chi connectivity index (χ4v) is 1.62. The number of aromatic nitrogens is 2. The summed E-state index contributed by atoms with van der Waals surface area (Å²) in [6.45, 7) is -0.663. The summed E-state index contributed by atoms with van der Waals surface area (Å²) >= 11 is 0. The van der Waals surface area contributed by atoms with Crippen LogP contribution in [0.1, 0.15) is 34.9 Å². The van der Waals surface area contributed by atoms with Gasteiger partial charge < -0.3 is 21.3 Å². The Bertz CT molecular complexity index is 410. The van der Waals surface area contributed by atoms with Crippen molar-refractivity contribution in [3.63, 3.8) is 0 Å². The number of H-pyrrole nitrogens is 1. The van der Waals surface area contributed by atoms with Crippen molar-refractivity contribution >= 4 is 11.6 Å². The van der Waals surface area contributed by atoms with E-state index >= 15 is 0 Å². The first-order valence-electron chi connectivity index (χ1n) is 5.53. The number of hydrogen-bond acceptors (Lipinski definition) is 5. The van der Waals surface area contributed by atoms with Gasteiger partial charge in [-0.2, -0.15) is 5.10 Å². The van der Waals surface area contributed by atoms with Crippen molar-refractivity contribution in [1.29, 1.82) is 0 Å². The second kappa shape index (κ2) is 4.72. The molecular weight excluding hydrogens is 224 g/mol. The molecule has 1 heterocycles. The van der Waals surface area contributed by atoms with E-state index in [1.54, 1.807) is 0 Å². The topological polar surface area (TPSA) is 124 Å². The molecule has 7 nitrogen and oxygen atoms in total. The molecule has 1 fully saturated rings. The maximum absolute atomic E-state index is 11.8. The van der Waals surface area contributed by atoms with Gasteiger partial charge in [0.05, 0.1) is 30.6 Å². The summed E-state index contributed by atoms with van der Waals surface area (Å²) in [4.78, 5) is 11.8. The Morgan fingerprint density at radius 1 is 1.53 bits per heavy atom. The molecule has 0 aliphatic heterocycles. The normalized spacial score (nSPS) is 15.2. The molecule has 1 amide bonds. The number of nitrogen functional groups attached to an aromatic ring is 1. The highest BCUT2D eigenvalue weighted by molar-refractivity contribution is 5.97. The van der Waals surface area contributed by atoms with Crippen molar-refractivity contribution in [3.8, 4) is 0 Å². The van der Waals surface area contributed by atoms with Gasteiger partial charge >= 0.3 is 0 Å². The number of nitrogens with zero attached hydrogens (tertiary/aromatic N) is 1. The second-order valence-corrected chi connectivity index (χ2v) is 4.21. The first-order valence-corrected chi connectivity index (χ1v) is 5.53. The van der Waals surface area contributed by atoms with Crippen LogP contribution in [-0.4, -0.2) is 45.6 Å². The van der Waals surface area contributed by atoms with Crippen LogP contribution in [0.2, 0.25) is 0 Å². The predicted molar refractivity (Wildman–Crippen MR) is 60.4 cm³/mol. The van der Waals surface area contributed by atoms with Crippen molar-refractivity contribution in [2.24, 2.45) is 0 Å². The van der Waals surface area contributed by atoms with E-state index < -0.39 is 11.9 Å². The lowest BCUT2D eigenvalue weighted by Crippen LogP contribution is -2.40. The number of carbonyl (C=O) groups excluding carboxylic acids is 1. The summed E-state index contributed by atoms with van der Waals surface area (Å²) in [7, 11) is 0. The molecule has 0 bridgehead atoms. The zero-order valence-corrected chi connectivity index (χ0v) is 9.31. The van der Waals surface area contributed by atoms with Crippen molar-refractivity contribution < 1.29 is 15.0 Å². The molecule has 0 aromatic carbocycles. The number of hydrogen-bond donors (Lipinski definition) is 5. The summed E-state index contributed by atoms with van der Waals surface area (Å²) < 4.78 is 0. The zero-order chi connectivity index (χ0) is 12.4. The first-order chi connectivity index (χ1) is 8.17. The summed E-state index contributed by atoms with van der Waals surface area (Å²) in [5.74, 6) is -0.103. The highest BCUT2D eigenvalue weighted by Crippen LogP contribution is 2.42. The van der Waals surface area contributed by atoms with E-state index in [1.165, 1.54) is 0 Å². The van der Waals surface area contributed by atoms with Crippen LogP contribution in [-0.2, 0) is 0 Å². The van der Waals surface area contributed by atoms with Crippen molar-refractivity contribution in [3.05, 3.63) is 11.4 Å². The molecule has 17 heavy (non-hydrogen) atoms. The van der Waals surface area contributed by atoms with Crippen molar-refractivity contribution in [2.75, 3.05) is 18.9 Å². The Balaban J connectivity index is 2.08. The lowest BCUT2D eigenvalue weighted by molar-refractivity contribution is 0.0875. The Morgan fingerprint density at radius 2 is 2.18 bits per heavy atom. The predicted octanol–water partition coefficient (Wildman–Crippen LogP) is -1.05. The van der Waals surface area contributed by atoms with E-state index in [9.17, 15) is 4.79 Å². The minimum atomic E-state index is -0.692. The maximum atomic E-state index is 11.8. The number of nitrogens with one attached hydrogen (secondary N) is 2. The number of carbonyl (C=O) groups is 1. The van der Waals surface area contributed by atoms with Gasteiger partial charge in [0.15, 0.2) is 5.69 Å². The molecular formula is C10H16N4O3. The van der Waals surface area contributed by atoms with E-state index in [1.807, 2.05) is 0 Å². The quantitative estimate of drug-likeness (QED) is 0.449. The van der Waals surface area contributed by atoms with Gasteiger partial charge in [-0.05, 0) is 12.8 Å². The van der Waals surface area contributed by atoms with Gasteiger partial charge in [-0.25, -0.2) is 0 Å². The molecule has 1 aromatic rings. The van der Waals surface area contributed by atoms with Crippen LogP contribution in [0.25, 0.3) is 0 Å². The van der Waals surface area contributed by atoms with Gasteiger partial charge in [-0.3, -0.25) is 9.89 Å². The molecule has 1 saturated carbocycles. The van der Waals surface area contributed by atoms with Gasteiger partial charge in [0.25, 0.3) is 5.91 Å². The molecule has 1 aliphatic rings. The van der Waals surface area contributed by atoms with Crippen LogP contribution < -0.4 is 11.1 Å². The number of rotatable bonds is 5. The fraction of sp³-hybridized carbons (Fsp3) is 0.600. The van der Waals surface area contributed by atoms with E-state index in [2.05, 4.69) is 15.5 Å². The summed E-state index contributed by atoms with van der Waals surface area (Å²) in [6.07, 6.45) is 2.12. The number of nitrogens with two attached hydrogens (primary N) is 1. The first kappa shape index (κ1) is 11.9. The Kier molecular flexibility index (Phi) is 3.30. The average molecular weight is 240 g/mol. The van der Waals surface area contributed by atoms with E-state index in [0.29, 0.717) is 11.6 Å².